The van der Waals surface area contributed by atoms with Crippen LogP contribution in [-0.2, 0) is 18.4 Å². The Morgan fingerprint density at radius 2 is 1.96 bits per heavy atom. The van der Waals surface area contributed by atoms with Crippen LogP contribution in [0.5, 0.6) is 0 Å². The summed E-state index contributed by atoms with van der Waals surface area (Å²) < 4.78 is 15.1. The number of hydrogen-bond acceptors (Lipinski definition) is 3. The Labute approximate surface area is 140 Å². The first kappa shape index (κ1) is 15.9. The first-order valence-corrected chi connectivity index (χ1v) is 7.75. The van der Waals surface area contributed by atoms with Gasteiger partial charge in [0.2, 0.25) is 0 Å². The highest BCUT2D eigenvalue weighted by molar-refractivity contribution is 5.33. The molecule has 120 valence electrons. The van der Waals surface area contributed by atoms with Crippen LogP contribution in [0.1, 0.15) is 17.5 Å². The average molecular weight is 320 g/mol. The predicted molar refractivity (Wildman–Crippen MR) is 88.5 cm³/mol. The van der Waals surface area contributed by atoms with Crippen LogP contribution >= 0.6 is 0 Å². The normalized spacial score (nSPS) is 13.2. The molecule has 0 radical (unpaired) electrons. The Bertz CT molecular complexity index is 824. The number of halogens is 1. The molecule has 1 atom stereocenters. The Morgan fingerprint density at radius 3 is 2.62 bits per heavy atom. The summed E-state index contributed by atoms with van der Waals surface area (Å²) in [7, 11) is 0. The predicted octanol–water partition coefficient (Wildman–Crippen LogP) is 3.51. The van der Waals surface area contributed by atoms with E-state index in [0.29, 0.717) is 19.4 Å². The quantitative estimate of drug-likeness (QED) is 0.698. The molecule has 0 bridgehead atoms. The minimum atomic E-state index is -0.749. The minimum Gasteiger partial charge on any atom is -0.251 e. The molecule has 0 amide bonds. The van der Waals surface area contributed by atoms with Gasteiger partial charge in [-0.25, -0.2) is 9.37 Å². The molecule has 0 saturated heterocycles. The second-order valence-corrected chi connectivity index (χ2v) is 5.78. The third kappa shape index (κ3) is 3.49. The van der Waals surface area contributed by atoms with Crippen molar-refractivity contribution in [3.63, 3.8) is 0 Å². The molecule has 4 nitrogen and oxygen atoms in total. The number of hydrogen-bond donors (Lipinski definition) is 0. The summed E-state index contributed by atoms with van der Waals surface area (Å²) in [6, 6.07) is 18.7. The summed E-state index contributed by atoms with van der Waals surface area (Å²) in [5, 5.41) is 14.1. The first-order valence-electron chi connectivity index (χ1n) is 7.75. The van der Waals surface area contributed by atoms with E-state index in [1.165, 1.54) is 18.5 Å². The molecule has 0 N–H and O–H groups in total. The van der Waals surface area contributed by atoms with E-state index in [2.05, 4.69) is 16.2 Å². The van der Waals surface area contributed by atoms with E-state index in [9.17, 15) is 9.65 Å². The molecule has 0 saturated carbocycles. The third-order valence-corrected chi connectivity index (χ3v) is 4.17. The maximum absolute atomic E-state index is 13.4. The van der Waals surface area contributed by atoms with Crippen LogP contribution in [0.15, 0.2) is 67.3 Å². The summed E-state index contributed by atoms with van der Waals surface area (Å²) in [5.41, 5.74) is 1.06. The zero-order valence-corrected chi connectivity index (χ0v) is 13.1. The van der Waals surface area contributed by atoms with Crippen molar-refractivity contribution in [1.82, 2.24) is 14.8 Å². The molecule has 0 aliphatic rings. The highest BCUT2D eigenvalue weighted by atomic mass is 19.1. The van der Waals surface area contributed by atoms with Crippen molar-refractivity contribution in [3.05, 3.63) is 84.2 Å². The minimum absolute atomic E-state index is 0.258. The zero-order chi connectivity index (χ0) is 16.8. The van der Waals surface area contributed by atoms with Gasteiger partial charge in [-0.05, 0) is 36.1 Å². The Morgan fingerprint density at radius 1 is 1.12 bits per heavy atom. The molecule has 1 heterocycles. The SMILES string of the molecule is N#CC(CCc1cccc(F)c1)(Cn1cncn1)c1ccccc1. The Hall–Kier alpha value is -3.00. The number of aryl methyl sites for hydroxylation is 1. The third-order valence-electron chi connectivity index (χ3n) is 4.17. The van der Waals surface area contributed by atoms with Crippen LogP contribution in [0.3, 0.4) is 0 Å². The highest BCUT2D eigenvalue weighted by Gasteiger charge is 2.33. The lowest BCUT2D eigenvalue weighted by molar-refractivity contribution is 0.401. The molecule has 2 aromatic carbocycles. The first-order chi connectivity index (χ1) is 11.7. The van der Waals surface area contributed by atoms with E-state index in [-0.39, 0.29) is 5.82 Å². The number of aromatic nitrogens is 3. The van der Waals surface area contributed by atoms with Crippen molar-refractivity contribution < 1.29 is 4.39 Å². The Kier molecular flexibility index (Phi) is 4.66. The van der Waals surface area contributed by atoms with E-state index >= 15 is 0 Å². The van der Waals surface area contributed by atoms with Gasteiger partial charge in [0.05, 0.1) is 12.6 Å². The summed E-state index contributed by atoms with van der Waals surface area (Å²) in [4.78, 5) is 3.96. The molecule has 3 aromatic rings. The summed E-state index contributed by atoms with van der Waals surface area (Å²) in [5.74, 6) is -0.258. The topological polar surface area (TPSA) is 54.5 Å². The second-order valence-electron chi connectivity index (χ2n) is 5.78. The number of benzene rings is 2. The number of rotatable bonds is 6. The van der Waals surface area contributed by atoms with Crippen LogP contribution in [0.25, 0.3) is 0 Å². The molecule has 0 fully saturated rings. The highest BCUT2D eigenvalue weighted by Crippen LogP contribution is 2.31. The lowest BCUT2D eigenvalue weighted by atomic mass is 9.77. The van der Waals surface area contributed by atoms with Crippen LogP contribution in [0.2, 0.25) is 0 Å². The maximum atomic E-state index is 13.4. The second kappa shape index (κ2) is 7.05. The molecule has 5 heteroatoms. The average Bonchev–Trinajstić information content (AvgIpc) is 3.12. The van der Waals surface area contributed by atoms with Gasteiger partial charge in [-0.15, -0.1) is 0 Å². The van der Waals surface area contributed by atoms with Gasteiger partial charge in [0.1, 0.15) is 23.9 Å². The fraction of sp³-hybridized carbons (Fsp3) is 0.211. The molecule has 0 spiro atoms. The number of nitriles is 1. The van der Waals surface area contributed by atoms with Crippen molar-refractivity contribution >= 4 is 0 Å². The van der Waals surface area contributed by atoms with Gasteiger partial charge in [-0.3, -0.25) is 4.68 Å². The van der Waals surface area contributed by atoms with Crippen LogP contribution in [0.4, 0.5) is 4.39 Å². The van der Waals surface area contributed by atoms with Gasteiger partial charge >= 0.3 is 0 Å². The molecular weight excluding hydrogens is 303 g/mol. The van der Waals surface area contributed by atoms with Crippen molar-refractivity contribution in [2.75, 3.05) is 0 Å². The van der Waals surface area contributed by atoms with Crippen molar-refractivity contribution in [2.24, 2.45) is 0 Å². The van der Waals surface area contributed by atoms with Crippen LogP contribution in [-0.4, -0.2) is 14.8 Å². The lowest BCUT2D eigenvalue weighted by Gasteiger charge is -2.27. The molecule has 1 aromatic heterocycles. The molecule has 0 aliphatic carbocycles. The van der Waals surface area contributed by atoms with E-state index in [1.807, 2.05) is 36.4 Å². The van der Waals surface area contributed by atoms with Crippen LogP contribution in [0, 0.1) is 17.1 Å². The van der Waals surface area contributed by atoms with Gasteiger partial charge in [0.15, 0.2) is 0 Å². The lowest BCUT2D eigenvalue weighted by Crippen LogP contribution is -2.31. The molecule has 0 aliphatic heterocycles. The van der Waals surface area contributed by atoms with Gasteiger partial charge in [0.25, 0.3) is 0 Å². The van der Waals surface area contributed by atoms with Crippen molar-refractivity contribution in [3.8, 4) is 6.07 Å². The number of nitrogens with zero attached hydrogens (tertiary/aromatic N) is 4. The van der Waals surface area contributed by atoms with E-state index in [1.54, 1.807) is 17.1 Å². The Balaban J connectivity index is 1.90. The van der Waals surface area contributed by atoms with E-state index < -0.39 is 5.41 Å². The van der Waals surface area contributed by atoms with Gasteiger partial charge in [0, 0.05) is 0 Å². The summed E-state index contributed by atoms with van der Waals surface area (Å²) >= 11 is 0. The standard InChI is InChI=1S/C19H17FN4/c20-18-8-4-5-16(11-18)9-10-19(12-21,13-24-15-22-14-23-24)17-6-2-1-3-7-17/h1-8,11,14-15H,9-10,13H2. The van der Waals surface area contributed by atoms with Crippen molar-refractivity contribution in [2.45, 2.75) is 24.8 Å². The summed E-state index contributed by atoms with van der Waals surface area (Å²) in [6.45, 7) is 0.406. The van der Waals surface area contributed by atoms with Crippen molar-refractivity contribution in [1.29, 1.82) is 5.26 Å². The largest absolute Gasteiger partial charge is 0.251 e. The van der Waals surface area contributed by atoms with Gasteiger partial charge in [-0.1, -0.05) is 42.5 Å². The molecule has 3 rings (SSSR count). The smallest absolute Gasteiger partial charge is 0.137 e. The maximum Gasteiger partial charge on any atom is 0.137 e. The zero-order valence-electron chi connectivity index (χ0n) is 13.1. The fourth-order valence-corrected chi connectivity index (χ4v) is 2.87. The molecule has 1 unspecified atom stereocenters. The van der Waals surface area contributed by atoms with Gasteiger partial charge in [-0.2, -0.15) is 10.4 Å². The van der Waals surface area contributed by atoms with E-state index in [4.69, 9.17) is 0 Å². The fourth-order valence-electron chi connectivity index (χ4n) is 2.87. The van der Waals surface area contributed by atoms with Gasteiger partial charge < -0.3 is 0 Å². The van der Waals surface area contributed by atoms with E-state index in [0.717, 1.165) is 11.1 Å². The molecule has 24 heavy (non-hydrogen) atoms. The monoisotopic (exact) mass is 320 g/mol. The molecular formula is C19H17FN4. The summed E-state index contributed by atoms with van der Waals surface area (Å²) in [6.07, 6.45) is 4.24. The van der Waals surface area contributed by atoms with Crippen LogP contribution < -0.4 is 0 Å².